The Labute approximate surface area is 318 Å². The van der Waals surface area contributed by atoms with Crippen LogP contribution in [0.4, 0.5) is 11.4 Å². The summed E-state index contributed by atoms with van der Waals surface area (Å²) in [4.78, 5) is 8.66. The largest absolute Gasteiger partial charge is 4.00 e. The van der Waals surface area contributed by atoms with E-state index in [1.165, 1.54) is 5.56 Å². The number of hydrogen-bond acceptors (Lipinski definition) is 4. The molecule has 0 unspecified atom stereocenters. The molecule has 7 rings (SSSR count). The number of rotatable bonds is 6. The fraction of sp³-hybridized carbons (Fsp3) is 0.0952. The van der Waals surface area contributed by atoms with Gasteiger partial charge in [0, 0.05) is 44.9 Å². The van der Waals surface area contributed by atoms with Crippen molar-refractivity contribution >= 4 is 11.4 Å². The van der Waals surface area contributed by atoms with Gasteiger partial charge in [0.2, 0.25) is 0 Å². The molecule has 0 saturated carbocycles. The second-order valence-electron chi connectivity index (χ2n) is 11.7. The van der Waals surface area contributed by atoms with Crippen LogP contribution in [0.5, 0.6) is 11.5 Å². The molecule has 0 bridgehead atoms. The van der Waals surface area contributed by atoms with Crippen LogP contribution >= 0.6 is 0 Å². The Morgan fingerprint density at radius 1 is 0.755 bits per heavy atom. The van der Waals surface area contributed by atoms with Crippen LogP contribution in [0.3, 0.4) is 0 Å². The van der Waals surface area contributed by atoms with Gasteiger partial charge >= 0.3 is 21.1 Å². The fourth-order valence-corrected chi connectivity index (χ4v) is 4.97. The zero-order valence-corrected chi connectivity index (χ0v) is 31.6. The molecule has 49 heavy (non-hydrogen) atoms. The van der Waals surface area contributed by atoms with E-state index in [2.05, 4.69) is 104 Å². The van der Waals surface area contributed by atoms with Gasteiger partial charge in [-0.25, -0.2) is 23.2 Å². The van der Waals surface area contributed by atoms with Crippen LogP contribution in [-0.2, 0) is 47.5 Å². The summed E-state index contributed by atoms with van der Waals surface area (Å²) < 4.78 is 7.72. The molecule has 0 radical (unpaired) electrons. The van der Waals surface area contributed by atoms with E-state index < -0.39 is 0 Å². The first-order valence-electron chi connectivity index (χ1n) is 15.1. The van der Waals surface area contributed by atoms with Gasteiger partial charge in [0.05, 0.1) is 0 Å². The normalized spacial score (nSPS) is 11.8. The second-order valence-corrected chi connectivity index (χ2v) is 11.7. The smallest absolute Gasteiger partial charge is 0.669 e. The standard InChI is InChI=1S/C36H27N3O.C6H4N.2Pt/c1-36(2,3)33-17-7-8-18-35(33)39-22-21-38(26-39)30-14-10-16-32(25-30)40-31-15-9-13-29(23-31)34-24-28(19-20-37-34)27-11-5-4-6-12-27;1-2-7-5-3-4-6-7;;/h4-11,14-22,26H,1-3H3;3-6H;;/q-6;-1;;+4. The molecule has 248 valence electrons. The van der Waals surface area contributed by atoms with Crippen LogP contribution in [0.1, 0.15) is 26.3 Å². The Kier molecular flexibility index (Phi) is 13.0. The van der Waals surface area contributed by atoms with Gasteiger partial charge in [0.1, 0.15) is 0 Å². The van der Waals surface area contributed by atoms with Crippen molar-refractivity contribution in [3.8, 4) is 39.9 Å². The molecule has 1 aliphatic heterocycles. The van der Waals surface area contributed by atoms with E-state index in [4.69, 9.17) is 11.2 Å². The maximum Gasteiger partial charge on any atom is 4.00 e. The van der Waals surface area contributed by atoms with E-state index in [0.29, 0.717) is 22.8 Å². The molecule has 0 spiro atoms. The molecule has 3 heterocycles. The minimum absolute atomic E-state index is 0. The quantitative estimate of drug-likeness (QED) is 0.123. The minimum atomic E-state index is 0. The van der Waals surface area contributed by atoms with E-state index in [1.54, 1.807) is 23.2 Å². The van der Waals surface area contributed by atoms with Crippen molar-refractivity contribution in [3.63, 3.8) is 0 Å². The van der Waals surface area contributed by atoms with Crippen molar-refractivity contribution in [2.75, 3.05) is 9.80 Å². The van der Waals surface area contributed by atoms with Gasteiger partial charge in [-0.15, -0.1) is 36.6 Å². The first-order chi connectivity index (χ1) is 22.9. The van der Waals surface area contributed by atoms with Crippen molar-refractivity contribution < 1.29 is 46.9 Å². The number of ether oxygens (including phenoxy) is 1. The van der Waals surface area contributed by atoms with Crippen LogP contribution in [0.25, 0.3) is 22.4 Å². The van der Waals surface area contributed by atoms with Crippen molar-refractivity contribution in [3.05, 3.63) is 177 Å². The summed E-state index contributed by atoms with van der Waals surface area (Å²) in [6.07, 6.45) is 15.9. The third-order valence-electron chi connectivity index (χ3n) is 7.26. The van der Waals surface area contributed by atoms with Crippen LogP contribution in [-0.4, -0.2) is 9.55 Å². The summed E-state index contributed by atoms with van der Waals surface area (Å²) in [5.74, 6) is 1.14. The molecule has 0 atom stereocenters. The van der Waals surface area contributed by atoms with Crippen LogP contribution in [0, 0.1) is 49.5 Å². The average molecular weight is 998 g/mol. The maximum absolute atomic E-state index is 6.57. The third-order valence-corrected chi connectivity index (χ3v) is 7.26. The van der Waals surface area contributed by atoms with Crippen LogP contribution in [0.15, 0.2) is 128 Å². The monoisotopic (exact) mass is 997 g/mol. The molecule has 5 nitrogen and oxygen atoms in total. The predicted octanol–water partition coefficient (Wildman–Crippen LogP) is 9.30. The molecule has 6 aromatic rings. The first kappa shape index (κ1) is 37.2. The number of anilines is 2. The van der Waals surface area contributed by atoms with Gasteiger partial charge in [0.15, 0.2) is 0 Å². The summed E-state index contributed by atoms with van der Waals surface area (Å²) in [5, 5.41) is 0. The molecule has 7 heteroatoms. The Morgan fingerprint density at radius 2 is 1.51 bits per heavy atom. The molecule has 0 fully saturated rings. The third kappa shape index (κ3) is 9.51. The summed E-state index contributed by atoms with van der Waals surface area (Å²) in [6.45, 7) is 8.75. The zero-order chi connectivity index (χ0) is 32.6. The van der Waals surface area contributed by atoms with Gasteiger partial charge < -0.3 is 42.1 Å². The summed E-state index contributed by atoms with van der Waals surface area (Å²) in [7, 11) is 0. The second kappa shape index (κ2) is 17.2. The maximum atomic E-state index is 6.57. The van der Waals surface area contributed by atoms with Gasteiger partial charge in [-0.3, -0.25) is 12.1 Å². The van der Waals surface area contributed by atoms with E-state index >= 15 is 0 Å². The number of aromatic nitrogens is 2. The van der Waals surface area contributed by atoms with Gasteiger partial charge in [-0.05, 0) is 47.8 Å². The van der Waals surface area contributed by atoms with Gasteiger partial charge in [-0.1, -0.05) is 44.7 Å². The Morgan fingerprint density at radius 3 is 2.24 bits per heavy atom. The van der Waals surface area contributed by atoms with E-state index in [1.807, 2.05) is 83.9 Å². The molecule has 0 aliphatic carbocycles. The average Bonchev–Trinajstić information content (AvgIpc) is 3.83. The number of pyridine rings is 1. The van der Waals surface area contributed by atoms with Crippen molar-refractivity contribution in [1.82, 2.24) is 9.55 Å². The number of hydrogen-bond donors (Lipinski definition) is 0. The van der Waals surface area contributed by atoms with E-state index in [-0.39, 0.29) is 47.5 Å². The first-order valence-corrected chi connectivity index (χ1v) is 15.1. The summed E-state index contributed by atoms with van der Waals surface area (Å²) in [5.41, 5.74) is 6.53. The van der Waals surface area contributed by atoms with Gasteiger partial charge in [-0.2, -0.15) is 48.2 Å². The SMILES string of the molecule is CC(C)(C)c1ccccc1N1C=CN(c2[c-]c(Oc3[c-]c(-c4[c-]c(-c5[c-]cccc5)ccn4)[c-]cc3)ccc2)[CH-]1.[C-]#Cn1cccc1.[Pt+4].[Pt]. The van der Waals surface area contributed by atoms with E-state index in [9.17, 15) is 0 Å². The molecule has 0 saturated heterocycles. The molecule has 1 aliphatic rings. The summed E-state index contributed by atoms with van der Waals surface area (Å²) in [6, 6.07) is 50.0. The van der Waals surface area contributed by atoms with Crippen molar-refractivity contribution in [2.45, 2.75) is 26.2 Å². The van der Waals surface area contributed by atoms with E-state index in [0.717, 1.165) is 22.5 Å². The number of benzene rings is 4. The van der Waals surface area contributed by atoms with Gasteiger partial charge in [0.25, 0.3) is 0 Å². The fourth-order valence-electron chi connectivity index (χ4n) is 4.97. The Hall–Kier alpha value is -4.61. The number of nitrogens with zero attached hydrogens (tertiary/aromatic N) is 4. The zero-order valence-electron chi connectivity index (χ0n) is 27.0. The molecule has 4 aromatic carbocycles. The molecule has 2 aromatic heterocycles. The number of para-hydroxylation sites is 1. The Balaban J connectivity index is 0.000000537. The molecule has 0 amide bonds. The van der Waals surface area contributed by atoms with Crippen LogP contribution < -0.4 is 14.5 Å². The van der Waals surface area contributed by atoms with Crippen LogP contribution in [0.2, 0.25) is 0 Å². The predicted molar refractivity (Wildman–Crippen MR) is 186 cm³/mol. The molecular formula is C42H31N4OPt2-3. The van der Waals surface area contributed by atoms with Crippen molar-refractivity contribution in [2.24, 2.45) is 0 Å². The topological polar surface area (TPSA) is 33.5 Å². The van der Waals surface area contributed by atoms with Crippen molar-refractivity contribution in [1.29, 1.82) is 0 Å². The summed E-state index contributed by atoms with van der Waals surface area (Å²) >= 11 is 0. The minimum Gasteiger partial charge on any atom is -0.669 e. The molecule has 0 N–H and O–H groups in total. The Bertz CT molecular complexity index is 2010. The molecular weight excluding hydrogens is 967 g/mol.